The van der Waals surface area contributed by atoms with Crippen LogP contribution in [0.2, 0.25) is 5.02 Å². The number of carbonyl (C=O) groups is 1. The number of hydrogen-bond acceptors (Lipinski definition) is 7. The van der Waals surface area contributed by atoms with Crippen LogP contribution in [0.25, 0.3) is 0 Å². The maximum atomic E-state index is 14.7. The van der Waals surface area contributed by atoms with E-state index in [2.05, 4.69) is 0 Å². The predicted molar refractivity (Wildman–Crippen MR) is 160 cm³/mol. The van der Waals surface area contributed by atoms with Crippen LogP contribution >= 0.6 is 23.4 Å². The van der Waals surface area contributed by atoms with Crippen LogP contribution in [0.4, 0.5) is 4.39 Å². The molecule has 0 aliphatic carbocycles. The van der Waals surface area contributed by atoms with E-state index in [1.165, 1.54) is 18.2 Å². The number of ether oxygens (including phenoxy) is 2. The molecule has 2 saturated heterocycles. The summed E-state index contributed by atoms with van der Waals surface area (Å²) in [4.78, 5) is 14.8. The largest absolute Gasteiger partial charge is 0.494 e. The van der Waals surface area contributed by atoms with Crippen LogP contribution in [0.1, 0.15) is 52.9 Å². The molecule has 0 aromatic heterocycles. The normalized spacial score (nSPS) is 24.1. The van der Waals surface area contributed by atoms with Gasteiger partial charge in [0.1, 0.15) is 36.0 Å². The average Bonchev–Trinajstić information content (AvgIpc) is 3.54. The van der Waals surface area contributed by atoms with Gasteiger partial charge in [-0.2, -0.15) is 0 Å². The number of thioether (sulfide) groups is 1. The third kappa shape index (κ3) is 6.93. The van der Waals surface area contributed by atoms with Gasteiger partial charge in [0.2, 0.25) is 0 Å². The molecule has 224 valence electrons. The summed E-state index contributed by atoms with van der Waals surface area (Å²) < 4.78 is 26.4. The van der Waals surface area contributed by atoms with E-state index in [0.717, 1.165) is 41.5 Å². The van der Waals surface area contributed by atoms with Crippen LogP contribution in [0, 0.1) is 5.82 Å². The monoisotopic (exact) mass is 615 g/mol. The molecule has 0 bridgehead atoms. The van der Waals surface area contributed by atoms with Crippen LogP contribution in [0.5, 0.6) is 5.75 Å². The Morgan fingerprint density at radius 3 is 2.48 bits per heavy atom. The fourth-order valence-corrected chi connectivity index (χ4v) is 6.60. The van der Waals surface area contributed by atoms with Gasteiger partial charge >= 0.3 is 0 Å². The van der Waals surface area contributed by atoms with E-state index in [9.17, 15) is 24.5 Å². The second-order valence-electron chi connectivity index (χ2n) is 10.6. The molecular formula is C32H35ClFNO6S. The lowest BCUT2D eigenvalue weighted by atomic mass is 9.90. The van der Waals surface area contributed by atoms with E-state index in [0.29, 0.717) is 42.3 Å². The zero-order valence-electron chi connectivity index (χ0n) is 23.3. The molecule has 3 aromatic carbocycles. The summed E-state index contributed by atoms with van der Waals surface area (Å²) in [5.74, 6) is 0.246. The standard InChI is InChI=1S/C32H35ClFNO6S/c1-2-40-23-9-5-19(6-10-23)15-22-16-20(7-11-24(22)33)31-30(38)29(37)28(36)26(41-31)18-42-27-17-21(8-12-25(27)34)32(39)35-13-3-4-14-35/h5-12,16-17,26,28-31,36-38H,2-4,13-15,18H2,1H3/t26-,28-,29+,30-,31+/m1/s1. The highest BCUT2D eigenvalue weighted by Crippen LogP contribution is 2.37. The number of nitrogens with zero attached hydrogens (tertiary/aromatic N) is 1. The van der Waals surface area contributed by atoms with Gasteiger partial charge in [-0.05, 0) is 79.3 Å². The van der Waals surface area contributed by atoms with Gasteiger partial charge in [0, 0.05) is 34.3 Å². The van der Waals surface area contributed by atoms with Gasteiger partial charge in [-0.1, -0.05) is 35.9 Å². The smallest absolute Gasteiger partial charge is 0.253 e. The molecule has 3 aromatic rings. The second-order valence-corrected chi connectivity index (χ2v) is 12.1. The maximum Gasteiger partial charge on any atom is 0.253 e. The summed E-state index contributed by atoms with van der Waals surface area (Å²) in [6.45, 7) is 3.88. The van der Waals surface area contributed by atoms with Crippen LogP contribution in [0.3, 0.4) is 0 Å². The Morgan fingerprint density at radius 2 is 1.76 bits per heavy atom. The molecule has 5 atom stereocenters. The Labute approximate surface area is 254 Å². The molecule has 0 radical (unpaired) electrons. The first-order valence-electron chi connectivity index (χ1n) is 14.2. The van der Waals surface area contributed by atoms with Crippen LogP contribution in [0.15, 0.2) is 65.6 Å². The number of benzene rings is 3. The minimum atomic E-state index is -1.48. The molecule has 2 aliphatic rings. The Morgan fingerprint density at radius 1 is 1.02 bits per heavy atom. The molecule has 10 heteroatoms. The molecule has 7 nitrogen and oxygen atoms in total. The summed E-state index contributed by atoms with van der Waals surface area (Å²) in [5, 5.41) is 32.8. The van der Waals surface area contributed by atoms with Crippen molar-refractivity contribution in [2.45, 2.75) is 61.6 Å². The average molecular weight is 616 g/mol. The lowest BCUT2D eigenvalue weighted by molar-refractivity contribution is -0.218. The fourth-order valence-electron chi connectivity index (χ4n) is 5.38. The molecule has 1 amide bonds. The first-order chi connectivity index (χ1) is 20.2. The third-order valence-corrected chi connectivity index (χ3v) is 9.20. The van der Waals surface area contributed by atoms with Crippen molar-refractivity contribution in [3.8, 4) is 5.75 Å². The molecule has 0 unspecified atom stereocenters. The van der Waals surface area contributed by atoms with Gasteiger partial charge in [0.15, 0.2) is 0 Å². The molecule has 5 rings (SSSR count). The lowest BCUT2D eigenvalue weighted by Gasteiger charge is -2.41. The van der Waals surface area contributed by atoms with Crippen molar-refractivity contribution in [3.05, 3.63) is 93.8 Å². The topological polar surface area (TPSA) is 99.5 Å². The summed E-state index contributed by atoms with van der Waals surface area (Å²) >= 11 is 7.60. The first-order valence-corrected chi connectivity index (χ1v) is 15.5. The molecule has 0 saturated carbocycles. The molecule has 3 N–H and O–H groups in total. The summed E-state index contributed by atoms with van der Waals surface area (Å²) in [7, 11) is 0. The number of carbonyl (C=O) groups excluding carboxylic acids is 1. The highest BCUT2D eigenvalue weighted by molar-refractivity contribution is 7.99. The highest BCUT2D eigenvalue weighted by atomic mass is 35.5. The SMILES string of the molecule is CCOc1ccc(Cc2cc([C@@H]3O[C@H](CSc4cc(C(=O)N5CCCC5)ccc4F)[C@@H](O)[C@H](O)[C@H]3O)ccc2Cl)cc1. The summed E-state index contributed by atoms with van der Waals surface area (Å²) in [6.07, 6.45) is -3.69. The molecule has 42 heavy (non-hydrogen) atoms. The molecular weight excluding hydrogens is 581 g/mol. The number of amides is 1. The molecule has 2 aliphatic heterocycles. The quantitative estimate of drug-likeness (QED) is 0.291. The van der Waals surface area contributed by atoms with Crippen molar-refractivity contribution >= 4 is 29.3 Å². The molecule has 2 fully saturated rings. The minimum Gasteiger partial charge on any atom is -0.494 e. The van der Waals surface area contributed by atoms with Gasteiger partial charge in [-0.3, -0.25) is 4.79 Å². The Balaban J connectivity index is 1.30. The van der Waals surface area contributed by atoms with Crippen molar-refractivity contribution in [1.29, 1.82) is 0 Å². The summed E-state index contributed by atoms with van der Waals surface area (Å²) in [6, 6.07) is 17.2. The zero-order valence-corrected chi connectivity index (χ0v) is 24.9. The van der Waals surface area contributed by atoms with Crippen LogP contribution in [-0.2, 0) is 11.2 Å². The Bertz CT molecular complexity index is 1390. The number of hydrogen-bond donors (Lipinski definition) is 3. The number of halogens is 2. The number of rotatable bonds is 9. The predicted octanol–water partition coefficient (Wildman–Crippen LogP) is 5.02. The minimum absolute atomic E-state index is 0.0896. The Kier molecular flexibility index (Phi) is 10.1. The van der Waals surface area contributed by atoms with Crippen molar-refractivity contribution in [2.75, 3.05) is 25.4 Å². The van der Waals surface area contributed by atoms with Gasteiger partial charge in [0.05, 0.1) is 12.7 Å². The van der Waals surface area contributed by atoms with E-state index >= 15 is 0 Å². The van der Waals surface area contributed by atoms with Crippen molar-refractivity contribution < 1.29 is 34.0 Å². The lowest BCUT2D eigenvalue weighted by Crippen LogP contribution is -2.54. The Hall–Kier alpha value is -2.66. The van der Waals surface area contributed by atoms with Crippen molar-refractivity contribution in [2.24, 2.45) is 0 Å². The van der Waals surface area contributed by atoms with Gasteiger partial charge in [0.25, 0.3) is 5.91 Å². The second kappa shape index (κ2) is 13.8. The van der Waals surface area contributed by atoms with Gasteiger partial charge in [-0.25, -0.2) is 4.39 Å². The number of likely N-dealkylation sites (tertiary alicyclic amines) is 1. The third-order valence-electron chi connectivity index (χ3n) is 7.71. The molecule has 0 spiro atoms. The van der Waals surface area contributed by atoms with Crippen molar-refractivity contribution in [1.82, 2.24) is 4.90 Å². The van der Waals surface area contributed by atoms with E-state index in [1.54, 1.807) is 17.0 Å². The maximum absolute atomic E-state index is 14.7. The van der Waals surface area contributed by atoms with E-state index < -0.39 is 36.3 Å². The highest BCUT2D eigenvalue weighted by Gasteiger charge is 2.44. The van der Waals surface area contributed by atoms with Crippen LogP contribution in [-0.4, -0.2) is 76.0 Å². The van der Waals surface area contributed by atoms with E-state index in [-0.39, 0.29) is 16.6 Å². The number of aliphatic hydroxyl groups is 3. The molecule has 2 heterocycles. The fraction of sp³-hybridized carbons (Fsp3) is 0.406. The first kappa shape index (κ1) is 30.8. The summed E-state index contributed by atoms with van der Waals surface area (Å²) in [5.41, 5.74) is 2.82. The van der Waals surface area contributed by atoms with E-state index in [1.807, 2.05) is 37.3 Å². The zero-order chi connectivity index (χ0) is 29.8. The van der Waals surface area contributed by atoms with E-state index in [4.69, 9.17) is 21.1 Å². The number of aliphatic hydroxyl groups excluding tert-OH is 3. The van der Waals surface area contributed by atoms with Crippen molar-refractivity contribution in [3.63, 3.8) is 0 Å². The van der Waals surface area contributed by atoms with Gasteiger partial charge in [-0.15, -0.1) is 11.8 Å². The van der Waals surface area contributed by atoms with Crippen LogP contribution < -0.4 is 4.74 Å². The van der Waals surface area contributed by atoms with Gasteiger partial charge < -0.3 is 29.7 Å².